The molecule has 2 aliphatic carbocycles. The molecule has 0 N–H and O–H groups in total. The van der Waals surface area contributed by atoms with Crippen LogP contribution in [-0.4, -0.2) is 0 Å². The molecule has 10 aromatic carbocycles. The van der Waals surface area contributed by atoms with Gasteiger partial charge in [-0.15, -0.1) is 0 Å². The van der Waals surface area contributed by atoms with Crippen molar-refractivity contribution in [3.8, 4) is 33.4 Å². The van der Waals surface area contributed by atoms with Crippen LogP contribution in [0.15, 0.2) is 192 Å². The van der Waals surface area contributed by atoms with E-state index in [1.807, 2.05) is 0 Å². The molecule has 0 radical (unpaired) electrons. The van der Waals surface area contributed by atoms with Crippen LogP contribution in [0.2, 0.25) is 0 Å². The SMILES string of the molecule is CC1(C)c2ccccc2-c2ccc(-c3c4ccccc4cc4c3oc3ccc(N(c5ccc6c(c5)C(C)(C)c5ccccc5-6)c5cc6ccccc6c6ccccc56)cc34)cc21. The highest BCUT2D eigenvalue weighted by atomic mass is 16.3. The molecule has 0 bridgehead atoms. The molecule has 1 heterocycles. The van der Waals surface area contributed by atoms with E-state index in [0.29, 0.717) is 0 Å². The summed E-state index contributed by atoms with van der Waals surface area (Å²) in [5, 5.41) is 9.53. The minimum Gasteiger partial charge on any atom is -0.455 e. The third-order valence-corrected chi connectivity index (χ3v) is 14.4. The molecule has 0 fully saturated rings. The van der Waals surface area contributed by atoms with Crippen LogP contribution in [0.4, 0.5) is 17.1 Å². The summed E-state index contributed by atoms with van der Waals surface area (Å²) in [5.41, 5.74) is 18.0. The molecule has 0 saturated carbocycles. The molecule has 0 spiro atoms. The van der Waals surface area contributed by atoms with Gasteiger partial charge >= 0.3 is 0 Å². The summed E-state index contributed by atoms with van der Waals surface area (Å²) in [7, 11) is 0. The van der Waals surface area contributed by atoms with Crippen molar-refractivity contribution >= 4 is 71.3 Å². The van der Waals surface area contributed by atoms with Gasteiger partial charge in [-0.2, -0.15) is 0 Å². The van der Waals surface area contributed by atoms with Crippen molar-refractivity contribution in [1.82, 2.24) is 0 Å². The lowest BCUT2D eigenvalue weighted by Crippen LogP contribution is -2.16. The maximum absolute atomic E-state index is 7.06. The van der Waals surface area contributed by atoms with Crippen LogP contribution >= 0.6 is 0 Å². The second-order valence-corrected chi connectivity index (χ2v) is 18.5. The van der Waals surface area contributed by atoms with E-state index in [-0.39, 0.29) is 10.8 Å². The van der Waals surface area contributed by atoms with Gasteiger partial charge in [-0.1, -0.05) is 167 Å². The number of anilines is 3. The average Bonchev–Trinajstić information content (AvgIpc) is 3.87. The fraction of sp³-hybridized carbons (Fsp3) is 0.100. The Balaban J connectivity index is 1.06. The number of hydrogen-bond donors (Lipinski definition) is 0. The van der Waals surface area contributed by atoms with Crippen molar-refractivity contribution in [1.29, 1.82) is 0 Å². The Labute approximate surface area is 361 Å². The standard InChI is InChI=1S/C60H43NO/c1-59(2)51-23-13-11-20-44(51)46-28-25-38(32-53(46)59)57-42-18-8-6-15-36(42)31-50-49-34-39(27-30-56(49)62-58(50)57)61(55-33-37-16-5-7-17-41(37)43-19-9-10-22-48(43)55)40-26-29-47-45-21-12-14-24-52(45)60(3,4)54(47)35-40/h5-35H,1-4H3. The Bertz CT molecular complexity index is 3710. The Kier molecular flexibility index (Phi) is 7.16. The van der Waals surface area contributed by atoms with E-state index in [2.05, 4.69) is 221 Å². The predicted molar refractivity (Wildman–Crippen MR) is 261 cm³/mol. The Morgan fingerprint density at radius 2 is 0.903 bits per heavy atom. The summed E-state index contributed by atoms with van der Waals surface area (Å²) in [5.74, 6) is 0. The third kappa shape index (κ3) is 4.81. The Morgan fingerprint density at radius 3 is 1.63 bits per heavy atom. The zero-order valence-corrected chi connectivity index (χ0v) is 35.3. The number of rotatable bonds is 4. The van der Waals surface area contributed by atoms with E-state index >= 15 is 0 Å². The van der Waals surface area contributed by atoms with Crippen molar-refractivity contribution in [2.45, 2.75) is 38.5 Å². The van der Waals surface area contributed by atoms with Crippen LogP contribution in [0.5, 0.6) is 0 Å². The first kappa shape index (κ1) is 35.3. The maximum atomic E-state index is 7.06. The van der Waals surface area contributed by atoms with Crippen molar-refractivity contribution in [2.75, 3.05) is 4.90 Å². The van der Waals surface area contributed by atoms with Crippen LogP contribution < -0.4 is 4.90 Å². The van der Waals surface area contributed by atoms with Gasteiger partial charge in [-0.25, -0.2) is 0 Å². The first-order valence-electron chi connectivity index (χ1n) is 21.8. The Hall–Kier alpha value is -7.42. The quantitative estimate of drug-likeness (QED) is 0.165. The summed E-state index contributed by atoms with van der Waals surface area (Å²) in [6, 6.07) is 69.9. The number of nitrogens with zero attached hydrogens (tertiary/aromatic N) is 1. The van der Waals surface area contributed by atoms with E-state index in [0.717, 1.165) is 44.6 Å². The molecule has 62 heavy (non-hydrogen) atoms. The molecule has 11 aromatic rings. The zero-order chi connectivity index (χ0) is 41.5. The first-order chi connectivity index (χ1) is 30.3. The van der Waals surface area contributed by atoms with Crippen LogP contribution in [0.25, 0.3) is 87.6 Å². The highest BCUT2D eigenvalue weighted by Crippen LogP contribution is 2.53. The minimum absolute atomic E-state index is 0.111. The van der Waals surface area contributed by atoms with Gasteiger partial charge < -0.3 is 9.32 Å². The topological polar surface area (TPSA) is 16.4 Å². The van der Waals surface area contributed by atoms with E-state index in [1.54, 1.807) is 0 Å². The van der Waals surface area contributed by atoms with Gasteiger partial charge in [0.15, 0.2) is 0 Å². The molecule has 2 heteroatoms. The van der Waals surface area contributed by atoms with Crippen LogP contribution in [0.3, 0.4) is 0 Å². The molecule has 13 rings (SSSR count). The molecule has 294 valence electrons. The summed E-state index contributed by atoms with van der Waals surface area (Å²) in [4.78, 5) is 2.48. The van der Waals surface area contributed by atoms with Crippen molar-refractivity contribution in [2.24, 2.45) is 0 Å². The molecule has 0 amide bonds. The number of hydrogen-bond acceptors (Lipinski definition) is 2. The lowest BCUT2D eigenvalue weighted by atomic mass is 9.81. The first-order valence-corrected chi connectivity index (χ1v) is 21.8. The van der Waals surface area contributed by atoms with Gasteiger partial charge in [0.1, 0.15) is 11.2 Å². The average molecular weight is 794 g/mol. The van der Waals surface area contributed by atoms with Gasteiger partial charge in [0.2, 0.25) is 0 Å². The monoisotopic (exact) mass is 793 g/mol. The van der Waals surface area contributed by atoms with Crippen molar-refractivity contribution < 1.29 is 4.42 Å². The number of fused-ring (bicyclic) bond motifs is 13. The predicted octanol–water partition coefficient (Wildman–Crippen LogP) is 16.8. The van der Waals surface area contributed by atoms with E-state index < -0.39 is 0 Å². The summed E-state index contributed by atoms with van der Waals surface area (Å²) < 4.78 is 7.06. The van der Waals surface area contributed by atoms with Crippen molar-refractivity contribution in [3.05, 3.63) is 210 Å². The largest absolute Gasteiger partial charge is 0.455 e. The van der Waals surface area contributed by atoms with Crippen LogP contribution in [0.1, 0.15) is 49.9 Å². The molecule has 1 aromatic heterocycles. The van der Waals surface area contributed by atoms with E-state index in [4.69, 9.17) is 4.42 Å². The lowest BCUT2D eigenvalue weighted by Gasteiger charge is -2.29. The molecule has 0 unspecified atom stereocenters. The van der Waals surface area contributed by atoms with Gasteiger partial charge in [0.05, 0.1) is 5.69 Å². The zero-order valence-electron chi connectivity index (χ0n) is 35.3. The van der Waals surface area contributed by atoms with Crippen LogP contribution in [-0.2, 0) is 10.8 Å². The Morgan fingerprint density at radius 1 is 0.371 bits per heavy atom. The lowest BCUT2D eigenvalue weighted by molar-refractivity contribution is 0.660. The molecular formula is C60H43NO. The molecule has 0 atom stereocenters. The fourth-order valence-corrected chi connectivity index (χ4v) is 11.3. The normalized spacial score (nSPS) is 14.4. The molecule has 2 aliphatic rings. The van der Waals surface area contributed by atoms with Crippen molar-refractivity contribution in [3.63, 3.8) is 0 Å². The molecule has 0 aliphatic heterocycles. The highest BCUT2D eigenvalue weighted by Gasteiger charge is 2.37. The van der Waals surface area contributed by atoms with Gasteiger partial charge in [0.25, 0.3) is 0 Å². The minimum atomic E-state index is -0.142. The smallest absolute Gasteiger partial charge is 0.143 e. The number of furan rings is 1. The highest BCUT2D eigenvalue weighted by molar-refractivity contribution is 6.20. The van der Waals surface area contributed by atoms with E-state index in [9.17, 15) is 0 Å². The maximum Gasteiger partial charge on any atom is 0.143 e. The van der Waals surface area contributed by atoms with Gasteiger partial charge in [-0.05, 0) is 126 Å². The summed E-state index contributed by atoms with van der Waals surface area (Å²) in [6.07, 6.45) is 0. The fourth-order valence-electron chi connectivity index (χ4n) is 11.3. The second kappa shape index (κ2) is 12.6. The van der Waals surface area contributed by atoms with Gasteiger partial charge in [-0.3, -0.25) is 0 Å². The van der Waals surface area contributed by atoms with E-state index in [1.165, 1.54) is 82.4 Å². The molecule has 0 saturated heterocycles. The third-order valence-electron chi connectivity index (χ3n) is 14.4. The molecular weight excluding hydrogens is 751 g/mol. The van der Waals surface area contributed by atoms with Crippen LogP contribution in [0, 0.1) is 0 Å². The second-order valence-electron chi connectivity index (χ2n) is 18.5. The summed E-state index contributed by atoms with van der Waals surface area (Å²) >= 11 is 0. The molecule has 2 nitrogen and oxygen atoms in total. The summed E-state index contributed by atoms with van der Waals surface area (Å²) in [6.45, 7) is 9.44. The number of benzene rings is 10. The van der Waals surface area contributed by atoms with Gasteiger partial charge in [0, 0.05) is 43.9 Å².